The van der Waals surface area contributed by atoms with Crippen LogP contribution in [0.4, 0.5) is 0 Å². The maximum atomic E-state index is 2.67. The molecule has 3 aliphatic carbocycles. The molecule has 116 valence electrons. The van der Waals surface area contributed by atoms with E-state index in [-0.39, 0.29) is 0 Å². The second-order valence-corrected chi connectivity index (χ2v) is 9.71. The van der Waals surface area contributed by atoms with Crippen molar-refractivity contribution in [1.29, 1.82) is 0 Å². The van der Waals surface area contributed by atoms with E-state index in [1.165, 1.54) is 0 Å². The van der Waals surface area contributed by atoms with Gasteiger partial charge in [0.1, 0.15) is 0 Å². The molecule has 3 rings (SSSR count). The summed E-state index contributed by atoms with van der Waals surface area (Å²) in [7, 11) is 0. The van der Waals surface area contributed by atoms with Crippen molar-refractivity contribution in [2.24, 2.45) is 57.2 Å². The number of hydrogen-bond donors (Lipinski definition) is 0. The van der Waals surface area contributed by atoms with Crippen LogP contribution in [0.3, 0.4) is 0 Å². The zero-order valence-corrected chi connectivity index (χ0v) is 15.5. The second-order valence-electron chi connectivity index (χ2n) is 9.71. The van der Waals surface area contributed by atoms with Gasteiger partial charge < -0.3 is 0 Å². The standard InChI is InChI=1S/C20H36/c1-11-12(2)19(9)17(7)14(4)15(5)18(8,16(17)6)20(19,10)13(11)3/h11-16H,1-10H3. The lowest BCUT2D eigenvalue weighted by Gasteiger charge is -2.61. The highest BCUT2D eigenvalue weighted by Gasteiger charge is 2.85. The predicted octanol–water partition coefficient (Wildman–Crippen LogP) is 5.87. The van der Waals surface area contributed by atoms with Crippen LogP contribution in [-0.4, -0.2) is 0 Å². The maximum Gasteiger partial charge on any atom is -0.0176 e. The van der Waals surface area contributed by atoms with Gasteiger partial charge in [0.2, 0.25) is 0 Å². The molecule has 2 bridgehead atoms. The van der Waals surface area contributed by atoms with Gasteiger partial charge in [-0.2, -0.15) is 0 Å². The summed E-state index contributed by atoms with van der Waals surface area (Å²) in [6, 6.07) is 0. The lowest BCUT2D eigenvalue weighted by atomic mass is 9.43. The molecule has 3 fully saturated rings. The summed E-state index contributed by atoms with van der Waals surface area (Å²) >= 11 is 0. The Morgan fingerprint density at radius 1 is 0.500 bits per heavy atom. The molecule has 3 aliphatic rings. The van der Waals surface area contributed by atoms with Crippen molar-refractivity contribution in [3.05, 3.63) is 0 Å². The molecule has 8 atom stereocenters. The predicted molar refractivity (Wildman–Crippen MR) is 87.4 cm³/mol. The molecule has 0 saturated heterocycles. The minimum Gasteiger partial charge on any atom is -0.0620 e. The highest BCUT2D eigenvalue weighted by atomic mass is 14.9. The van der Waals surface area contributed by atoms with Gasteiger partial charge in [0.05, 0.1) is 0 Å². The van der Waals surface area contributed by atoms with Crippen LogP contribution in [0.15, 0.2) is 0 Å². The van der Waals surface area contributed by atoms with Gasteiger partial charge in [-0.1, -0.05) is 69.2 Å². The second kappa shape index (κ2) is 3.49. The molecular weight excluding hydrogens is 240 g/mol. The first kappa shape index (κ1) is 14.9. The average Bonchev–Trinajstić information content (AvgIpc) is 2.70. The third-order valence-corrected chi connectivity index (χ3v) is 11.2. The molecule has 0 aromatic rings. The molecule has 0 heteroatoms. The largest absolute Gasteiger partial charge is 0.0620 e. The molecule has 0 nitrogen and oxygen atoms in total. The molecule has 0 radical (unpaired) electrons. The van der Waals surface area contributed by atoms with Crippen LogP contribution in [0, 0.1) is 57.2 Å². The molecule has 0 N–H and O–H groups in total. The molecule has 20 heavy (non-hydrogen) atoms. The Morgan fingerprint density at radius 2 is 0.800 bits per heavy atom. The van der Waals surface area contributed by atoms with Gasteiger partial charge in [0, 0.05) is 0 Å². The Hall–Kier alpha value is 0. The molecule has 0 heterocycles. The first-order valence-corrected chi connectivity index (χ1v) is 8.95. The Bertz CT molecular complexity index is 413. The fourth-order valence-corrected chi connectivity index (χ4v) is 8.83. The van der Waals surface area contributed by atoms with Crippen molar-refractivity contribution < 1.29 is 0 Å². The van der Waals surface area contributed by atoms with E-state index in [0.29, 0.717) is 21.7 Å². The summed E-state index contributed by atoms with van der Waals surface area (Å²) in [6.45, 7) is 26.0. The van der Waals surface area contributed by atoms with Gasteiger partial charge in [0.25, 0.3) is 0 Å². The fraction of sp³-hybridized carbons (Fsp3) is 1.00. The topological polar surface area (TPSA) is 0 Å². The van der Waals surface area contributed by atoms with Crippen LogP contribution >= 0.6 is 0 Å². The van der Waals surface area contributed by atoms with E-state index in [4.69, 9.17) is 0 Å². The van der Waals surface area contributed by atoms with Gasteiger partial charge in [-0.3, -0.25) is 0 Å². The molecule has 3 saturated carbocycles. The third-order valence-electron chi connectivity index (χ3n) is 11.2. The van der Waals surface area contributed by atoms with Crippen molar-refractivity contribution in [2.45, 2.75) is 69.2 Å². The quantitative estimate of drug-likeness (QED) is 0.519. The summed E-state index contributed by atoms with van der Waals surface area (Å²) in [5.41, 5.74) is 1.96. The van der Waals surface area contributed by atoms with Gasteiger partial charge in [0.15, 0.2) is 0 Å². The van der Waals surface area contributed by atoms with Crippen LogP contribution in [0.2, 0.25) is 0 Å². The van der Waals surface area contributed by atoms with Crippen LogP contribution in [0.5, 0.6) is 0 Å². The SMILES string of the molecule is CC1C(C)C2(C)C3(C)C(C)C(C)C(C)(C3C)C2(C)C1C. The molecule has 0 spiro atoms. The Morgan fingerprint density at radius 3 is 1.10 bits per heavy atom. The molecule has 0 aromatic carbocycles. The van der Waals surface area contributed by atoms with E-state index in [9.17, 15) is 0 Å². The highest BCUT2D eigenvalue weighted by Crippen LogP contribution is 2.90. The van der Waals surface area contributed by atoms with Crippen LogP contribution in [0.1, 0.15) is 69.2 Å². The summed E-state index contributed by atoms with van der Waals surface area (Å²) in [6.07, 6.45) is 0. The van der Waals surface area contributed by atoms with Crippen LogP contribution in [0.25, 0.3) is 0 Å². The van der Waals surface area contributed by atoms with Crippen molar-refractivity contribution >= 4 is 0 Å². The summed E-state index contributed by atoms with van der Waals surface area (Å²) in [5, 5.41) is 0. The van der Waals surface area contributed by atoms with E-state index in [0.717, 1.165) is 35.5 Å². The van der Waals surface area contributed by atoms with Crippen molar-refractivity contribution in [3.63, 3.8) is 0 Å². The van der Waals surface area contributed by atoms with Crippen LogP contribution < -0.4 is 0 Å². The molecule has 8 unspecified atom stereocenters. The van der Waals surface area contributed by atoms with Crippen molar-refractivity contribution in [1.82, 2.24) is 0 Å². The van der Waals surface area contributed by atoms with Crippen molar-refractivity contribution in [2.75, 3.05) is 0 Å². The molecule has 0 amide bonds. The average molecular weight is 277 g/mol. The Kier molecular flexibility index (Phi) is 2.60. The maximum absolute atomic E-state index is 2.67. The van der Waals surface area contributed by atoms with E-state index in [1.54, 1.807) is 0 Å². The van der Waals surface area contributed by atoms with E-state index < -0.39 is 0 Å². The molecular formula is C20H36. The smallest absolute Gasteiger partial charge is 0.0176 e. The lowest BCUT2D eigenvalue weighted by Crippen LogP contribution is -2.56. The van der Waals surface area contributed by atoms with Crippen LogP contribution in [-0.2, 0) is 0 Å². The highest BCUT2D eigenvalue weighted by molar-refractivity contribution is 5.32. The monoisotopic (exact) mass is 276 g/mol. The molecule has 0 aliphatic heterocycles. The first-order valence-electron chi connectivity index (χ1n) is 8.95. The number of rotatable bonds is 0. The zero-order valence-electron chi connectivity index (χ0n) is 15.5. The number of hydrogen-bond acceptors (Lipinski definition) is 0. The third kappa shape index (κ3) is 0.925. The summed E-state index contributed by atoms with van der Waals surface area (Å²) in [5.74, 6) is 5.07. The number of fused-ring (bicyclic) bond motifs is 5. The van der Waals surface area contributed by atoms with Gasteiger partial charge in [-0.25, -0.2) is 0 Å². The minimum absolute atomic E-state index is 0.485. The van der Waals surface area contributed by atoms with Gasteiger partial charge >= 0.3 is 0 Å². The van der Waals surface area contributed by atoms with E-state index in [2.05, 4.69) is 69.2 Å². The lowest BCUT2D eigenvalue weighted by molar-refractivity contribution is -0.137. The van der Waals surface area contributed by atoms with Gasteiger partial charge in [-0.15, -0.1) is 0 Å². The summed E-state index contributed by atoms with van der Waals surface area (Å²) < 4.78 is 0. The van der Waals surface area contributed by atoms with E-state index in [1.807, 2.05) is 0 Å². The summed E-state index contributed by atoms with van der Waals surface area (Å²) in [4.78, 5) is 0. The minimum atomic E-state index is 0.485. The fourth-order valence-electron chi connectivity index (χ4n) is 8.83. The first-order chi connectivity index (χ1) is 8.95. The molecule has 0 aromatic heterocycles. The zero-order chi connectivity index (χ0) is 15.5. The van der Waals surface area contributed by atoms with Crippen molar-refractivity contribution in [3.8, 4) is 0 Å². The Balaban J connectivity index is 2.35. The Labute approximate surface area is 127 Å². The normalized spacial score (nSPS) is 72.3. The van der Waals surface area contributed by atoms with Gasteiger partial charge in [-0.05, 0) is 57.2 Å². The van der Waals surface area contributed by atoms with E-state index >= 15 is 0 Å².